The first-order valence-corrected chi connectivity index (χ1v) is 5.90. The molecule has 1 saturated carbocycles. The van der Waals surface area contributed by atoms with Crippen LogP contribution in [0, 0.1) is 11.6 Å². The van der Waals surface area contributed by atoms with Crippen LogP contribution in [0.4, 0.5) is 22.0 Å². The Kier molecular flexibility index (Phi) is 2.64. The maximum Gasteiger partial charge on any atom is 0.421 e. The highest BCUT2D eigenvalue weighted by Gasteiger charge is 2.40. The molecule has 20 heavy (non-hydrogen) atoms. The second-order valence-corrected chi connectivity index (χ2v) is 4.76. The molecule has 1 aromatic heterocycles. The van der Waals surface area contributed by atoms with Crippen molar-refractivity contribution in [3.63, 3.8) is 0 Å². The van der Waals surface area contributed by atoms with E-state index in [2.05, 4.69) is 0 Å². The molecule has 0 unspecified atom stereocenters. The van der Waals surface area contributed by atoms with Gasteiger partial charge >= 0.3 is 6.18 Å². The first-order valence-electron chi connectivity index (χ1n) is 5.90. The summed E-state index contributed by atoms with van der Waals surface area (Å²) in [4.78, 5) is 11.6. The zero-order valence-corrected chi connectivity index (χ0v) is 9.97. The summed E-state index contributed by atoms with van der Waals surface area (Å²) in [6, 6.07) is 1.39. The molecule has 2 aromatic rings. The standard InChI is InChI=1S/C13H8F5NO/c14-8-5-7-9(20)3-4-19(6-1-2-6)12(7)10(11(8)15)13(16,17)18/h3-6H,1-2H2. The molecule has 0 spiro atoms. The topological polar surface area (TPSA) is 22.0 Å². The number of benzene rings is 1. The number of hydrogen-bond donors (Lipinski definition) is 0. The molecule has 0 amide bonds. The van der Waals surface area contributed by atoms with Gasteiger partial charge in [0.1, 0.15) is 5.56 Å². The number of alkyl halides is 3. The van der Waals surface area contributed by atoms with E-state index in [4.69, 9.17) is 0 Å². The number of nitrogens with zero attached hydrogens (tertiary/aromatic N) is 1. The average Bonchev–Trinajstić information content (AvgIpc) is 3.14. The van der Waals surface area contributed by atoms with E-state index < -0.39 is 39.7 Å². The van der Waals surface area contributed by atoms with Gasteiger partial charge in [-0.05, 0) is 18.9 Å². The minimum absolute atomic E-state index is 0.205. The number of hydrogen-bond acceptors (Lipinski definition) is 1. The number of pyridine rings is 1. The van der Waals surface area contributed by atoms with Gasteiger partial charge in [-0.15, -0.1) is 0 Å². The van der Waals surface area contributed by atoms with Gasteiger partial charge in [-0.25, -0.2) is 8.78 Å². The Bertz CT molecular complexity index is 758. The van der Waals surface area contributed by atoms with Crippen molar-refractivity contribution in [2.45, 2.75) is 25.1 Å². The van der Waals surface area contributed by atoms with Crippen molar-refractivity contribution in [1.29, 1.82) is 0 Å². The molecule has 0 bridgehead atoms. The van der Waals surface area contributed by atoms with Crippen LogP contribution in [-0.2, 0) is 6.18 Å². The fourth-order valence-corrected chi connectivity index (χ4v) is 2.30. The first-order chi connectivity index (χ1) is 9.30. The Hall–Kier alpha value is -1.92. The normalized spacial score (nSPS) is 15.8. The lowest BCUT2D eigenvalue weighted by Crippen LogP contribution is -2.17. The molecule has 1 aliphatic rings. The van der Waals surface area contributed by atoms with Crippen molar-refractivity contribution in [2.24, 2.45) is 0 Å². The van der Waals surface area contributed by atoms with Gasteiger partial charge < -0.3 is 4.57 Å². The summed E-state index contributed by atoms with van der Waals surface area (Å²) in [7, 11) is 0. The van der Waals surface area contributed by atoms with Gasteiger partial charge in [0.2, 0.25) is 0 Å². The molecule has 0 aliphatic heterocycles. The molecule has 1 fully saturated rings. The number of aromatic nitrogens is 1. The number of rotatable bonds is 1. The largest absolute Gasteiger partial charge is 0.421 e. The van der Waals surface area contributed by atoms with Gasteiger partial charge in [0.25, 0.3) is 0 Å². The molecule has 0 atom stereocenters. The highest BCUT2D eigenvalue weighted by atomic mass is 19.4. The summed E-state index contributed by atoms with van der Waals surface area (Å²) in [6.07, 6.45) is -2.58. The molecular weight excluding hydrogens is 281 g/mol. The summed E-state index contributed by atoms with van der Waals surface area (Å²) in [5, 5.41) is -0.453. The van der Waals surface area contributed by atoms with Crippen LogP contribution < -0.4 is 5.43 Å². The summed E-state index contributed by atoms with van der Waals surface area (Å²) in [5.74, 6) is -3.64. The second kappa shape index (κ2) is 4.04. The van der Waals surface area contributed by atoms with Gasteiger partial charge in [-0.3, -0.25) is 4.79 Å². The zero-order valence-electron chi connectivity index (χ0n) is 9.97. The van der Waals surface area contributed by atoms with E-state index in [1.165, 1.54) is 10.8 Å². The molecule has 0 saturated heterocycles. The Labute approximate surface area is 109 Å². The van der Waals surface area contributed by atoms with E-state index in [1.807, 2.05) is 0 Å². The third kappa shape index (κ3) is 1.88. The highest BCUT2D eigenvalue weighted by Crippen LogP contribution is 2.42. The van der Waals surface area contributed by atoms with Crippen LogP contribution in [0.2, 0.25) is 0 Å². The Balaban J connectivity index is 2.53. The molecule has 0 N–H and O–H groups in total. The van der Waals surface area contributed by atoms with Crippen LogP contribution in [0.15, 0.2) is 23.1 Å². The van der Waals surface area contributed by atoms with Crippen LogP contribution in [0.25, 0.3) is 10.9 Å². The minimum atomic E-state index is -5.07. The third-order valence-electron chi connectivity index (χ3n) is 3.33. The van der Waals surface area contributed by atoms with Gasteiger partial charge in [0, 0.05) is 23.7 Å². The lowest BCUT2D eigenvalue weighted by molar-refractivity contribution is -0.139. The summed E-state index contributed by atoms with van der Waals surface area (Å²) in [6.45, 7) is 0. The molecule has 106 valence electrons. The van der Waals surface area contributed by atoms with E-state index in [9.17, 15) is 26.7 Å². The fraction of sp³-hybridized carbons (Fsp3) is 0.308. The van der Waals surface area contributed by atoms with E-state index in [0.717, 1.165) is 6.07 Å². The van der Waals surface area contributed by atoms with Crippen molar-refractivity contribution in [3.05, 3.63) is 45.8 Å². The average molecular weight is 289 g/mol. The van der Waals surface area contributed by atoms with Gasteiger partial charge in [-0.2, -0.15) is 13.2 Å². The summed E-state index contributed by atoms with van der Waals surface area (Å²) < 4.78 is 67.3. The van der Waals surface area contributed by atoms with Crippen LogP contribution in [0.5, 0.6) is 0 Å². The highest BCUT2D eigenvalue weighted by molar-refractivity contribution is 5.83. The Morgan fingerprint density at radius 2 is 1.85 bits per heavy atom. The van der Waals surface area contributed by atoms with Crippen molar-refractivity contribution in [1.82, 2.24) is 4.57 Å². The fourth-order valence-electron chi connectivity index (χ4n) is 2.30. The predicted octanol–water partition coefficient (Wildman–Crippen LogP) is 3.63. The maximum absolute atomic E-state index is 13.6. The van der Waals surface area contributed by atoms with E-state index >= 15 is 0 Å². The van der Waals surface area contributed by atoms with Crippen LogP contribution in [-0.4, -0.2) is 4.57 Å². The van der Waals surface area contributed by atoms with Crippen molar-refractivity contribution in [3.8, 4) is 0 Å². The molecule has 0 radical (unpaired) electrons. The Morgan fingerprint density at radius 1 is 1.20 bits per heavy atom. The van der Waals surface area contributed by atoms with Crippen LogP contribution in [0.3, 0.4) is 0 Å². The molecule has 3 rings (SSSR count). The number of halogens is 5. The van der Waals surface area contributed by atoms with E-state index in [0.29, 0.717) is 18.9 Å². The minimum Gasteiger partial charge on any atom is -0.344 e. The maximum atomic E-state index is 13.6. The summed E-state index contributed by atoms with van der Waals surface area (Å²) >= 11 is 0. The second-order valence-electron chi connectivity index (χ2n) is 4.76. The zero-order chi connectivity index (χ0) is 14.7. The molecule has 1 aromatic carbocycles. The molecule has 1 aliphatic carbocycles. The van der Waals surface area contributed by atoms with Gasteiger partial charge in [-0.1, -0.05) is 0 Å². The van der Waals surface area contributed by atoms with Crippen molar-refractivity contribution in [2.75, 3.05) is 0 Å². The van der Waals surface area contributed by atoms with E-state index in [1.54, 1.807) is 0 Å². The van der Waals surface area contributed by atoms with Crippen molar-refractivity contribution < 1.29 is 22.0 Å². The Morgan fingerprint density at radius 3 is 2.40 bits per heavy atom. The molecule has 2 nitrogen and oxygen atoms in total. The van der Waals surface area contributed by atoms with Crippen LogP contribution >= 0.6 is 0 Å². The quantitative estimate of drug-likeness (QED) is 0.735. The van der Waals surface area contributed by atoms with Gasteiger partial charge in [0.15, 0.2) is 17.1 Å². The van der Waals surface area contributed by atoms with Crippen LogP contribution in [0.1, 0.15) is 24.4 Å². The SMILES string of the molecule is O=c1ccn(C2CC2)c2c(C(F)(F)F)c(F)c(F)cc12. The van der Waals surface area contributed by atoms with E-state index in [-0.39, 0.29) is 6.04 Å². The monoisotopic (exact) mass is 289 g/mol. The molecule has 1 heterocycles. The lowest BCUT2D eigenvalue weighted by Gasteiger charge is -2.16. The first kappa shape index (κ1) is 13.1. The van der Waals surface area contributed by atoms with Crippen molar-refractivity contribution >= 4 is 10.9 Å². The molecule has 7 heteroatoms. The number of fused-ring (bicyclic) bond motifs is 1. The predicted molar refractivity (Wildman–Crippen MR) is 61.4 cm³/mol. The van der Waals surface area contributed by atoms with Gasteiger partial charge in [0.05, 0.1) is 5.52 Å². The third-order valence-corrected chi connectivity index (χ3v) is 3.33. The molecular formula is C13H8F5NO. The summed E-state index contributed by atoms with van der Waals surface area (Å²) in [5.41, 5.74) is -3.05. The lowest BCUT2D eigenvalue weighted by atomic mass is 10.1. The smallest absolute Gasteiger partial charge is 0.344 e.